The standard InChI is InChI=1S/C12H10N2O3S/c1-14-9-4-7(8-6-18-12(16)13-8)2-3-10(9)17-5-11(14)15/h2-4,6H,5H2,1H3,(H,13,16). The summed E-state index contributed by atoms with van der Waals surface area (Å²) in [5, 5.41) is 1.76. The van der Waals surface area contributed by atoms with Crippen LogP contribution in [0, 0.1) is 0 Å². The van der Waals surface area contributed by atoms with E-state index >= 15 is 0 Å². The first kappa shape index (κ1) is 11.0. The van der Waals surface area contributed by atoms with Gasteiger partial charge in [-0.15, -0.1) is 0 Å². The minimum Gasteiger partial charge on any atom is -0.482 e. The molecule has 1 N–H and O–H groups in total. The van der Waals surface area contributed by atoms with E-state index in [1.807, 2.05) is 18.2 Å². The molecular formula is C12H10N2O3S. The summed E-state index contributed by atoms with van der Waals surface area (Å²) in [5.74, 6) is 0.594. The summed E-state index contributed by atoms with van der Waals surface area (Å²) in [6, 6.07) is 5.51. The molecule has 1 aromatic carbocycles. The van der Waals surface area contributed by atoms with Crippen molar-refractivity contribution in [3.8, 4) is 17.0 Å². The van der Waals surface area contributed by atoms with Crippen LogP contribution in [0.5, 0.6) is 5.75 Å². The number of fused-ring (bicyclic) bond motifs is 1. The topological polar surface area (TPSA) is 62.4 Å². The summed E-state index contributed by atoms with van der Waals surface area (Å²) >= 11 is 1.12. The number of aromatic nitrogens is 1. The Morgan fingerprint density at radius 2 is 2.22 bits per heavy atom. The molecule has 3 rings (SSSR count). The number of ether oxygens (including phenoxy) is 1. The SMILES string of the molecule is CN1C(=O)COc2ccc(-c3csc(=O)[nH]3)cc21. The van der Waals surface area contributed by atoms with E-state index in [1.165, 1.54) is 0 Å². The molecule has 0 spiro atoms. The quantitative estimate of drug-likeness (QED) is 0.846. The summed E-state index contributed by atoms with van der Waals surface area (Å²) in [6.45, 7) is 0.0676. The molecule has 6 heteroatoms. The molecule has 2 heterocycles. The van der Waals surface area contributed by atoms with Gasteiger partial charge in [-0.05, 0) is 18.2 Å². The number of benzene rings is 1. The van der Waals surface area contributed by atoms with E-state index in [0.717, 1.165) is 28.3 Å². The Labute approximate surface area is 107 Å². The number of amides is 1. The van der Waals surface area contributed by atoms with E-state index in [1.54, 1.807) is 17.3 Å². The Kier molecular flexibility index (Phi) is 2.45. The molecule has 5 nitrogen and oxygen atoms in total. The van der Waals surface area contributed by atoms with Gasteiger partial charge in [0.05, 0.1) is 11.4 Å². The van der Waals surface area contributed by atoms with Crippen molar-refractivity contribution in [1.29, 1.82) is 0 Å². The highest BCUT2D eigenvalue weighted by molar-refractivity contribution is 7.07. The summed E-state index contributed by atoms with van der Waals surface area (Å²) in [5.41, 5.74) is 2.33. The molecule has 0 saturated carbocycles. The maximum absolute atomic E-state index is 11.6. The highest BCUT2D eigenvalue weighted by atomic mass is 32.1. The number of nitrogens with zero attached hydrogens (tertiary/aromatic N) is 1. The Morgan fingerprint density at radius 3 is 2.94 bits per heavy atom. The number of carbonyl (C=O) groups excluding carboxylic acids is 1. The molecule has 1 aliphatic rings. The van der Waals surface area contributed by atoms with Gasteiger partial charge in [-0.2, -0.15) is 0 Å². The second-order valence-corrected chi connectivity index (χ2v) is 4.83. The van der Waals surface area contributed by atoms with Gasteiger partial charge in [0.1, 0.15) is 5.75 Å². The van der Waals surface area contributed by atoms with Gasteiger partial charge < -0.3 is 14.6 Å². The number of hydrogen-bond acceptors (Lipinski definition) is 4. The number of H-pyrrole nitrogens is 1. The Balaban J connectivity index is 2.10. The van der Waals surface area contributed by atoms with E-state index in [2.05, 4.69) is 4.98 Å². The fourth-order valence-corrected chi connectivity index (χ4v) is 2.45. The van der Waals surface area contributed by atoms with Gasteiger partial charge in [-0.25, -0.2) is 0 Å². The first-order valence-corrected chi connectivity index (χ1v) is 6.25. The van der Waals surface area contributed by atoms with E-state index in [0.29, 0.717) is 5.75 Å². The average molecular weight is 262 g/mol. The zero-order valence-corrected chi connectivity index (χ0v) is 10.4. The zero-order valence-electron chi connectivity index (χ0n) is 9.60. The third kappa shape index (κ3) is 1.70. The highest BCUT2D eigenvalue weighted by Gasteiger charge is 2.22. The molecule has 1 aromatic heterocycles. The Hall–Kier alpha value is -2.08. The lowest BCUT2D eigenvalue weighted by atomic mass is 10.1. The maximum Gasteiger partial charge on any atom is 0.304 e. The molecular weight excluding hydrogens is 252 g/mol. The highest BCUT2D eigenvalue weighted by Crippen LogP contribution is 2.34. The minimum atomic E-state index is -0.0941. The lowest BCUT2D eigenvalue weighted by Gasteiger charge is -2.26. The van der Waals surface area contributed by atoms with E-state index in [-0.39, 0.29) is 17.4 Å². The third-order valence-electron chi connectivity index (χ3n) is 2.88. The number of nitrogens with one attached hydrogen (secondary N) is 1. The number of carbonyl (C=O) groups is 1. The monoisotopic (exact) mass is 262 g/mol. The normalized spacial score (nSPS) is 14.3. The first-order valence-electron chi connectivity index (χ1n) is 5.37. The van der Waals surface area contributed by atoms with Crippen LogP contribution < -0.4 is 14.5 Å². The molecule has 0 atom stereocenters. The molecule has 0 saturated heterocycles. The van der Waals surface area contributed by atoms with E-state index in [9.17, 15) is 9.59 Å². The summed E-state index contributed by atoms with van der Waals surface area (Å²) in [4.78, 5) is 26.9. The number of likely N-dealkylation sites (N-methyl/N-ethyl adjacent to an activating group) is 1. The van der Waals surface area contributed by atoms with Gasteiger partial charge in [0.15, 0.2) is 6.61 Å². The van der Waals surface area contributed by atoms with Crippen molar-refractivity contribution in [2.45, 2.75) is 0 Å². The van der Waals surface area contributed by atoms with Crippen molar-refractivity contribution in [2.75, 3.05) is 18.6 Å². The van der Waals surface area contributed by atoms with Crippen molar-refractivity contribution in [1.82, 2.24) is 4.98 Å². The molecule has 0 radical (unpaired) electrons. The predicted octanol–water partition coefficient (Wildman–Crippen LogP) is 1.46. The Bertz CT molecular complexity index is 674. The van der Waals surface area contributed by atoms with Crippen LogP contribution in [0.1, 0.15) is 0 Å². The molecule has 2 aromatic rings. The molecule has 0 aliphatic carbocycles. The largest absolute Gasteiger partial charge is 0.482 e. The molecule has 1 aliphatic heterocycles. The second kappa shape index (κ2) is 3.99. The van der Waals surface area contributed by atoms with Gasteiger partial charge in [-0.1, -0.05) is 11.3 Å². The smallest absolute Gasteiger partial charge is 0.304 e. The molecule has 0 unspecified atom stereocenters. The molecule has 92 valence electrons. The molecule has 1 amide bonds. The van der Waals surface area contributed by atoms with E-state index in [4.69, 9.17) is 4.74 Å². The van der Waals surface area contributed by atoms with Gasteiger partial charge >= 0.3 is 4.87 Å². The average Bonchev–Trinajstić information content (AvgIpc) is 2.80. The van der Waals surface area contributed by atoms with Crippen LogP contribution in [0.15, 0.2) is 28.4 Å². The molecule has 18 heavy (non-hydrogen) atoms. The van der Waals surface area contributed by atoms with Crippen LogP contribution in [0.3, 0.4) is 0 Å². The van der Waals surface area contributed by atoms with Gasteiger partial charge in [0.2, 0.25) is 0 Å². The number of rotatable bonds is 1. The fraction of sp³-hybridized carbons (Fsp3) is 0.167. The number of anilines is 1. The van der Waals surface area contributed by atoms with Crippen molar-refractivity contribution in [3.05, 3.63) is 33.2 Å². The summed E-state index contributed by atoms with van der Waals surface area (Å²) in [6.07, 6.45) is 0. The van der Waals surface area contributed by atoms with Crippen molar-refractivity contribution in [2.24, 2.45) is 0 Å². The zero-order chi connectivity index (χ0) is 12.7. The predicted molar refractivity (Wildman–Crippen MR) is 69.3 cm³/mol. The number of hydrogen-bond donors (Lipinski definition) is 1. The van der Waals surface area contributed by atoms with Crippen LogP contribution >= 0.6 is 11.3 Å². The lowest BCUT2D eigenvalue weighted by Crippen LogP contribution is -2.35. The van der Waals surface area contributed by atoms with Crippen LogP contribution in [0.4, 0.5) is 5.69 Å². The van der Waals surface area contributed by atoms with Crippen molar-refractivity contribution in [3.63, 3.8) is 0 Å². The van der Waals surface area contributed by atoms with Crippen molar-refractivity contribution < 1.29 is 9.53 Å². The third-order valence-corrected chi connectivity index (χ3v) is 3.55. The Morgan fingerprint density at radius 1 is 1.39 bits per heavy atom. The summed E-state index contributed by atoms with van der Waals surface area (Å²) in [7, 11) is 1.71. The number of aromatic amines is 1. The van der Waals surface area contributed by atoms with Gasteiger partial charge in [0, 0.05) is 18.0 Å². The van der Waals surface area contributed by atoms with Gasteiger partial charge in [0.25, 0.3) is 5.91 Å². The van der Waals surface area contributed by atoms with Gasteiger partial charge in [-0.3, -0.25) is 9.59 Å². The van der Waals surface area contributed by atoms with Crippen molar-refractivity contribution >= 4 is 22.9 Å². The van der Waals surface area contributed by atoms with Crippen LogP contribution in [0.2, 0.25) is 0 Å². The fourth-order valence-electron chi connectivity index (χ4n) is 1.86. The minimum absolute atomic E-state index is 0.0676. The van der Waals surface area contributed by atoms with Crippen LogP contribution in [0.25, 0.3) is 11.3 Å². The molecule has 0 bridgehead atoms. The first-order chi connectivity index (χ1) is 8.65. The summed E-state index contributed by atoms with van der Waals surface area (Å²) < 4.78 is 5.34. The second-order valence-electron chi connectivity index (χ2n) is 3.99. The van der Waals surface area contributed by atoms with Crippen LogP contribution in [-0.2, 0) is 4.79 Å². The van der Waals surface area contributed by atoms with E-state index < -0.39 is 0 Å². The number of thiazole rings is 1. The lowest BCUT2D eigenvalue weighted by molar-refractivity contribution is -0.120. The molecule has 0 fully saturated rings. The maximum atomic E-state index is 11.6. The van der Waals surface area contributed by atoms with Crippen LogP contribution in [-0.4, -0.2) is 24.5 Å².